The van der Waals surface area contributed by atoms with Gasteiger partial charge in [-0.15, -0.1) is 0 Å². The third kappa shape index (κ3) is 3.39. The number of carboxylic acid groups (broad SMARTS) is 1. The Labute approximate surface area is 122 Å². The zero-order chi connectivity index (χ0) is 15.2. The molecule has 2 rings (SSSR count). The van der Waals surface area contributed by atoms with E-state index < -0.39 is 18.6 Å². The highest BCUT2D eigenvalue weighted by atomic mass is 16.6. The molecule has 21 heavy (non-hydrogen) atoms. The fraction of sp³-hybridized carbons (Fsp3) is 0.125. The Morgan fingerprint density at radius 2 is 1.90 bits per heavy atom. The van der Waals surface area contributed by atoms with Crippen LogP contribution in [-0.2, 0) is 9.53 Å². The van der Waals surface area contributed by atoms with Crippen LogP contribution in [0.25, 0.3) is 10.8 Å². The number of nitrogens with zero attached hydrogens (tertiary/aromatic N) is 1. The van der Waals surface area contributed by atoms with Gasteiger partial charge < -0.3 is 9.84 Å². The van der Waals surface area contributed by atoms with Gasteiger partial charge in [-0.05, 0) is 11.5 Å². The van der Waals surface area contributed by atoms with E-state index in [0.717, 1.165) is 15.7 Å². The van der Waals surface area contributed by atoms with Gasteiger partial charge in [0.25, 0.3) is 0 Å². The first-order valence-electron chi connectivity index (χ1n) is 6.38. The molecular formula is C16H15NO4. The number of ether oxygens (including phenoxy) is 1. The molecule has 0 atom stereocenters. The topological polar surface area (TPSA) is 66.8 Å². The summed E-state index contributed by atoms with van der Waals surface area (Å²) in [7, 11) is 0. The smallest absolute Gasteiger partial charge is 0.415 e. The van der Waals surface area contributed by atoms with Gasteiger partial charge in [0.05, 0.1) is 5.69 Å². The first kappa shape index (κ1) is 14.6. The summed E-state index contributed by atoms with van der Waals surface area (Å²) in [6, 6.07) is 12.8. The van der Waals surface area contributed by atoms with Gasteiger partial charge in [0.2, 0.25) is 0 Å². The molecule has 0 saturated heterocycles. The van der Waals surface area contributed by atoms with E-state index >= 15 is 0 Å². The van der Waals surface area contributed by atoms with Crippen molar-refractivity contribution in [3.05, 3.63) is 55.1 Å². The van der Waals surface area contributed by atoms with Crippen molar-refractivity contribution in [1.29, 1.82) is 0 Å². The van der Waals surface area contributed by atoms with Crippen molar-refractivity contribution in [2.45, 2.75) is 0 Å². The van der Waals surface area contributed by atoms with Crippen molar-refractivity contribution >= 4 is 28.5 Å². The van der Waals surface area contributed by atoms with E-state index in [-0.39, 0.29) is 6.61 Å². The van der Waals surface area contributed by atoms with Crippen LogP contribution >= 0.6 is 0 Å². The summed E-state index contributed by atoms with van der Waals surface area (Å²) in [6.07, 6.45) is 0.716. The van der Waals surface area contributed by atoms with Crippen molar-refractivity contribution in [2.75, 3.05) is 18.1 Å². The maximum Gasteiger partial charge on any atom is 0.415 e. The summed E-state index contributed by atoms with van der Waals surface area (Å²) in [5.74, 6) is -1.11. The summed E-state index contributed by atoms with van der Waals surface area (Å²) in [5.41, 5.74) is 0.504. The monoisotopic (exact) mass is 285 g/mol. The molecule has 0 aliphatic rings. The Balaban J connectivity index is 2.45. The van der Waals surface area contributed by atoms with Gasteiger partial charge in [-0.3, -0.25) is 9.69 Å². The molecule has 1 N–H and O–H groups in total. The molecule has 0 aromatic heterocycles. The molecule has 108 valence electrons. The number of carboxylic acids is 1. The number of fused-ring (bicyclic) bond motifs is 1. The second kappa shape index (κ2) is 6.56. The van der Waals surface area contributed by atoms with E-state index in [4.69, 9.17) is 9.84 Å². The second-order valence-corrected chi connectivity index (χ2v) is 4.34. The van der Waals surface area contributed by atoms with Gasteiger partial charge in [0.1, 0.15) is 13.2 Å². The minimum absolute atomic E-state index is 0.0275. The summed E-state index contributed by atoms with van der Waals surface area (Å²) in [5, 5.41) is 10.7. The van der Waals surface area contributed by atoms with Crippen LogP contribution in [0.3, 0.4) is 0 Å². The lowest BCUT2D eigenvalue weighted by Crippen LogP contribution is -2.36. The Kier molecular flexibility index (Phi) is 4.56. The molecule has 0 spiro atoms. The SMILES string of the molecule is C=CCOC(=O)N(CC(=O)O)c1cccc2ccccc12. The fourth-order valence-electron chi connectivity index (χ4n) is 2.04. The highest BCUT2D eigenvalue weighted by Crippen LogP contribution is 2.27. The summed E-state index contributed by atoms with van der Waals surface area (Å²) < 4.78 is 4.96. The number of rotatable bonds is 5. The van der Waals surface area contributed by atoms with Crippen LogP contribution in [0.15, 0.2) is 55.1 Å². The number of anilines is 1. The maximum absolute atomic E-state index is 12.1. The maximum atomic E-state index is 12.1. The molecule has 0 bridgehead atoms. The van der Waals surface area contributed by atoms with Crippen LogP contribution in [0, 0.1) is 0 Å². The molecule has 0 saturated carbocycles. The highest BCUT2D eigenvalue weighted by molar-refractivity contribution is 6.03. The predicted molar refractivity (Wildman–Crippen MR) is 80.5 cm³/mol. The minimum Gasteiger partial charge on any atom is -0.480 e. The summed E-state index contributed by atoms with van der Waals surface area (Å²) in [4.78, 5) is 24.2. The lowest BCUT2D eigenvalue weighted by atomic mass is 10.1. The van der Waals surface area contributed by atoms with Crippen LogP contribution in [0.5, 0.6) is 0 Å². The normalized spacial score (nSPS) is 10.1. The zero-order valence-electron chi connectivity index (χ0n) is 11.4. The number of benzene rings is 2. The molecule has 5 heteroatoms. The molecule has 0 heterocycles. The largest absolute Gasteiger partial charge is 0.480 e. The number of amides is 1. The van der Waals surface area contributed by atoms with Crippen molar-refractivity contribution in [3.8, 4) is 0 Å². The number of hydrogen-bond donors (Lipinski definition) is 1. The van der Waals surface area contributed by atoms with Gasteiger partial charge in [-0.1, -0.05) is 49.1 Å². The molecule has 0 radical (unpaired) electrons. The lowest BCUT2D eigenvalue weighted by molar-refractivity contribution is -0.135. The third-order valence-electron chi connectivity index (χ3n) is 2.90. The van der Waals surface area contributed by atoms with Crippen LogP contribution in [0.1, 0.15) is 0 Å². The quantitative estimate of drug-likeness (QED) is 0.857. The van der Waals surface area contributed by atoms with Gasteiger partial charge >= 0.3 is 12.1 Å². The zero-order valence-corrected chi connectivity index (χ0v) is 11.4. The molecule has 2 aromatic carbocycles. The van der Waals surface area contributed by atoms with Gasteiger partial charge in [0.15, 0.2) is 0 Å². The summed E-state index contributed by atoms with van der Waals surface area (Å²) >= 11 is 0. The first-order valence-corrected chi connectivity index (χ1v) is 6.38. The number of hydrogen-bond acceptors (Lipinski definition) is 3. The molecular weight excluding hydrogens is 270 g/mol. The Morgan fingerprint density at radius 3 is 2.62 bits per heavy atom. The fourth-order valence-corrected chi connectivity index (χ4v) is 2.04. The van der Waals surface area contributed by atoms with E-state index in [1.54, 1.807) is 12.1 Å². The highest BCUT2D eigenvalue weighted by Gasteiger charge is 2.21. The van der Waals surface area contributed by atoms with Crippen molar-refractivity contribution in [2.24, 2.45) is 0 Å². The van der Waals surface area contributed by atoms with Crippen molar-refractivity contribution < 1.29 is 19.4 Å². The molecule has 0 unspecified atom stereocenters. The van der Waals surface area contributed by atoms with Gasteiger partial charge in [-0.2, -0.15) is 0 Å². The van der Waals surface area contributed by atoms with E-state index in [1.165, 1.54) is 6.08 Å². The third-order valence-corrected chi connectivity index (χ3v) is 2.90. The van der Waals surface area contributed by atoms with Crippen LogP contribution < -0.4 is 4.90 Å². The molecule has 0 aliphatic carbocycles. The van der Waals surface area contributed by atoms with Crippen LogP contribution in [0.2, 0.25) is 0 Å². The van der Waals surface area contributed by atoms with E-state index in [1.807, 2.05) is 30.3 Å². The van der Waals surface area contributed by atoms with Crippen molar-refractivity contribution in [1.82, 2.24) is 0 Å². The minimum atomic E-state index is -1.11. The number of aliphatic carboxylic acids is 1. The molecule has 5 nitrogen and oxygen atoms in total. The Bertz CT molecular complexity index is 676. The molecule has 0 fully saturated rings. The average Bonchev–Trinajstić information content (AvgIpc) is 2.49. The predicted octanol–water partition coefficient (Wildman–Crippen LogP) is 3.05. The standard InChI is InChI=1S/C16H15NO4/c1-2-10-21-16(20)17(11-15(18)19)14-9-5-7-12-6-3-4-8-13(12)14/h2-9H,1,10-11H2,(H,18,19). The molecule has 2 aromatic rings. The lowest BCUT2D eigenvalue weighted by Gasteiger charge is -2.21. The molecule has 0 aliphatic heterocycles. The van der Waals surface area contributed by atoms with E-state index in [2.05, 4.69) is 6.58 Å². The first-order chi connectivity index (χ1) is 10.1. The van der Waals surface area contributed by atoms with Gasteiger partial charge in [-0.25, -0.2) is 4.79 Å². The van der Waals surface area contributed by atoms with E-state index in [9.17, 15) is 9.59 Å². The van der Waals surface area contributed by atoms with Crippen molar-refractivity contribution in [3.63, 3.8) is 0 Å². The van der Waals surface area contributed by atoms with Crippen LogP contribution in [0.4, 0.5) is 10.5 Å². The summed E-state index contributed by atoms with van der Waals surface area (Å²) in [6.45, 7) is 3.02. The van der Waals surface area contributed by atoms with E-state index in [0.29, 0.717) is 5.69 Å². The number of carbonyl (C=O) groups is 2. The Hall–Kier alpha value is -2.82. The Morgan fingerprint density at radius 1 is 1.19 bits per heavy atom. The number of carbonyl (C=O) groups excluding carboxylic acids is 1. The average molecular weight is 285 g/mol. The second-order valence-electron chi connectivity index (χ2n) is 4.34. The molecule has 1 amide bonds. The van der Waals surface area contributed by atoms with Crippen LogP contribution in [-0.4, -0.2) is 30.3 Å². The van der Waals surface area contributed by atoms with Gasteiger partial charge in [0, 0.05) is 5.39 Å².